The molecule has 0 saturated carbocycles. The molecule has 0 aliphatic heterocycles. The lowest BCUT2D eigenvalue weighted by atomic mass is 9.94. The van der Waals surface area contributed by atoms with Crippen LogP contribution in [0.2, 0.25) is 0 Å². The van der Waals surface area contributed by atoms with E-state index in [2.05, 4.69) is 53.1 Å². The maximum Gasteiger partial charge on any atom is 0.195 e. The van der Waals surface area contributed by atoms with Crippen LogP contribution in [0, 0.1) is 0 Å². The zero-order valence-electron chi connectivity index (χ0n) is 14.2. The number of guanidine groups is 1. The van der Waals surface area contributed by atoms with Crippen LogP contribution in [0.1, 0.15) is 11.1 Å². The highest BCUT2D eigenvalue weighted by Crippen LogP contribution is 2.33. The summed E-state index contributed by atoms with van der Waals surface area (Å²) in [5.41, 5.74) is 3.04. The molecule has 0 bridgehead atoms. The van der Waals surface area contributed by atoms with E-state index in [1.165, 1.54) is 11.1 Å². The van der Waals surface area contributed by atoms with Gasteiger partial charge in [-0.3, -0.25) is 4.99 Å². The van der Waals surface area contributed by atoms with Gasteiger partial charge in [-0.1, -0.05) is 24.3 Å². The number of nitrogens with zero attached hydrogens (tertiary/aromatic N) is 4. The normalized spacial score (nSPS) is 15.8. The fourth-order valence-corrected chi connectivity index (χ4v) is 3.14. The molecule has 116 valence electrons. The van der Waals surface area contributed by atoms with Crippen molar-refractivity contribution in [2.24, 2.45) is 4.99 Å². The molecule has 0 radical (unpaired) electrons. The van der Waals surface area contributed by atoms with Gasteiger partial charge in [0.25, 0.3) is 0 Å². The van der Waals surface area contributed by atoms with Crippen LogP contribution in [0.4, 0.5) is 0 Å². The second-order valence-corrected chi connectivity index (χ2v) is 6.65. The standard InChI is InChI=1S/C17H28N4/c1-19(2)16(20(3)4)18-13-17(21(5)6)11-14-9-7-8-10-15(14)12-17/h7-10H,11-13H2,1-6H3. The van der Waals surface area contributed by atoms with Crippen molar-refractivity contribution in [2.45, 2.75) is 18.4 Å². The highest BCUT2D eigenvalue weighted by Gasteiger charge is 2.39. The first-order chi connectivity index (χ1) is 9.85. The third-order valence-electron chi connectivity index (χ3n) is 4.42. The second-order valence-electron chi connectivity index (χ2n) is 6.65. The van der Waals surface area contributed by atoms with Gasteiger partial charge in [0.1, 0.15) is 0 Å². The molecule has 0 fully saturated rings. The van der Waals surface area contributed by atoms with E-state index in [0.717, 1.165) is 25.3 Å². The smallest absolute Gasteiger partial charge is 0.195 e. The molecule has 21 heavy (non-hydrogen) atoms. The third kappa shape index (κ3) is 3.21. The molecule has 2 rings (SSSR count). The molecule has 4 heteroatoms. The molecule has 0 aromatic heterocycles. The molecule has 0 saturated heterocycles. The average Bonchev–Trinajstić information content (AvgIpc) is 2.77. The molecule has 0 amide bonds. The van der Waals surface area contributed by atoms with Crippen molar-refractivity contribution in [3.63, 3.8) is 0 Å². The Bertz CT molecular complexity index is 482. The first-order valence-electron chi connectivity index (χ1n) is 7.49. The van der Waals surface area contributed by atoms with Crippen LogP contribution < -0.4 is 0 Å². The minimum absolute atomic E-state index is 0.0982. The fraction of sp³-hybridized carbons (Fsp3) is 0.588. The molecule has 1 aromatic rings. The summed E-state index contributed by atoms with van der Waals surface area (Å²) in [7, 11) is 12.5. The van der Waals surface area contributed by atoms with Crippen LogP contribution in [-0.4, -0.2) is 75.0 Å². The Labute approximate surface area is 129 Å². The first kappa shape index (κ1) is 15.8. The van der Waals surface area contributed by atoms with Crippen LogP contribution in [0.3, 0.4) is 0 Å². The van der Waals surface area contributed by atoms with E-state index in [1.807, 2.05) is 28.2 Å². The van der Waals surface area contributed by atoms with Gasteiger partial charge in [-0.15, -0.1) is 0 Å². The molecule has 0 atom stereocenters. The maximum atomic E-state index is 4.91. The number of fused-ring (bicyclic) bond motifs is 1. The molecule has 0 unspecified atom stereocenters. The predicted octanol–water partition coefficient (Wildman–Crippen LogP) is 1.56. The Morgan fingerprint density at radius 2 is 1.43 bits per heavy atom. The Hall–Kier alpha value is -1.55. The van der Waals surface area contributed by atoms with E-state index in [4.69, 9.17) is 4.99 Å². The van der Waals surface area contributed by atoms with Gasteiger partial charge in [0.15, 0.2) is 5.96 Å². The molecule has 1 aliphatic carbocycles. The van der Waals surface area contributed by atoms with E-state index in [1.54, 1.807) is 0 Å². The van der Waals surface area contributed by atoms with Gasteiger partial charge >= 0.3 is 0 Å². The highest BCUT2D eigenvalue weighted by atomic mass is 15.3. The summed E-state index contributed by atoms with van der Waals surface area (Å²) in [6.07, 6.45) is 2.15. The average molecular weight is 288 g/mol. The molecule has 0 N–H and O–H groups in total. The van der Waals surface area contributed by atoms with Crippen LogP contribution in [0.25, 0.3) is 0 Å². The lowest BCUT2D eigenvalue weighted by molar-refractivity contribution is 0.171. The van der Waals surface area contributed by atoms with E-state index >= 15 is 0 Å². The van der Waals surface area contributed by atoms with Crippen molar-refractivity contribution < 1.29 is 0 Å². The van der Waals surface area contributed by atoms with Gasteiger partial charge in [0.05, 0.1) is 6.54 Å². The number of rotatable bonds is 3. The van der Waals surface area contributed by atoms with Crippen molar-refractivity contribution in [1.29, 1.82) is 0 Å². The Morgan fingerprint density at radius 1 is 0.952 bits per heavy atom. The summed E-state index contributed by atoms with van der Waals surface area (Å²) in [6.45, 7) is 0.820. The summed E-state index contributed by atoms with van der Waals surface area (Å²) in [5, 5.41) is 0. The number of aliphatic imine (C=N–C) groups is 1. The molecule has 0 spiro atoms. The topological polar surface area (TPSA) is 22.1 Å². The number of likely N-dealkylation sites (N-methyl/N-ethyl adjacent to an activating group) is 1. The van der Waals surface area contributed by atoms with E-state index < -0.39 is 0 Å². The van der Waals surface area contributed by atoms with Crippen molar-refractivity contribution in [3.8, 4) is 0 Å². The quantitative estimate of drug-likeness (QED) is 0.622. The van der Waals surface area contributed by atoms with Crippen molar-refractivity contribution >= 4 is 5.96 Å². The van der Waals surface area contributed by atoms with Crippen LogP contribution in [-0.2, 0) is 12.8 Å². The summed E-state index contributed by atoms with van der Waals surface area (Å²) in [4.78, 5) is 11.4. The molecular formula is C17H28N4. The maximum absolute atomic E-state index is 4.91. The number of hydrogen-bond acceptors (Lipinski definition) is 2. The van der Waals surface area contributed by atoms with Crippen LogP contribution >= 0.6 is 0 Å². The van der Waals surface area contributed by atoms with Gasteiger partial charge < -0.3 is 14.7 Å². The zero-order valence-corrected chi connectivity index (χ0v) is 14.2. The second kappa shape index (κ2) is 6.06. The first-order valence-corrected chi connectivity index (χ1v) is 7.49. The highest BCUT2D eigenvalue weighted by molar-refractivity contribution is 5.79. The minimum Gasteiger partial charge on any atom is -0.349 e. The molecule has 1 aromatic carbocycles. The lowest BCUT2D eigenvalue weighted by Crippen LogP contribution is -2.49. The van der Waals surface area contributed by atoms with E-state index in [9.17, 15) is 0 Å². The summed E-state index contributed by atoms with van der Waals surface area (Å²) in [5.74, 6) is 1.02. The molecule has 4 nitrogen and oxygen atoms in total. The predicted molar refractivity (Wildman–Crippen MR) is 89.9 cm³/mol. The number of benzene rings is 1. The monoisotopic (exact) mass is 288 g/mol. The van der Waals surface area contributed by atoms with E-state index in [0.29, 0.717) is 0 Å². The van der Waals surface area contributed by atoms with Crippen molar-refractivity contribution in [3.05, 3.63) is 35.4 Å². The molecule has 0 heterocycles. The Kier molecular flexibility index (Phi) is 4.57. The Balaban J connectivity index is 2.25. The van der Waals surface area contributed by atoms with Crippen molar-refractivity contribution in [1.82, 2.24) is 14.7 Å². The van der Waals surface area contributed by atoms with Crippen molar-refractivity contribution in [2.75, 3.05) is 48.8 Å². The van der Waals surface area contributed by atoms with Crippen LogP contribution in [0.5, 0.6) is 0 Å². The summed E-state index contributed by atoms with van der Waals surface area (Å²) >= 11 is 0. The lowest BCUT2D eigenvalue weighted by Gasteiger charge is -2.36. The SMILES string of the molecule is CN(C)C(=NCC1(N(C)C)Cc2ccccc2C1)N(C)C. The Morgan fingerprint density at radius 3 is 1.81 bits per heavy atom. The fourth-order valence-electron chi connectivity index (χ4n) is 3.14. The molecular weight excluding hydrogens is 260 g/mol. The van der Waals surface area contributed by atoms with Crippen LogP contribution in [0.15, 0.2) is 29.3 Å². The van der Waals surface area contributed by atoms with Gasteiger partial charge in [-0.25, -0.2) is 0 Å². The largest absolute Gasteiger partial charge is 0.349 e. The minimum atomic E-state index is 0.0982. The number of hydrogen-bond donors (Lipinski definition) is 0. The molecule has 1 aliphatic rings. The van der Waals surface area contributed by atoms with Gasteiger partial charge in [-0.05, 0) is 38.1 Å². The van der Waals surface area contributed by atoms with E-state index in [-0.39, 0.29) is 5.54 Å². The zero-order chi connectivity index (χ0) is 15.6. The summed E-state index contributed by atoms with van der Waals surface area (Å²) < 4.78 is 0. The third-order valence-corrected chi connectivity index (χ3v) is 4.42. The van der Waals surface area contributed by atoms with Gasteiger partial charge in [0.2, 0.25) is 0 Å². The van der Waals surface area contributed by atoms with Gasteiger partial charge in [0, 0.05) is 33.7 Å². The summed E-state index contributed by atoms with van der Waals surface area (Å²) in [6, 6.07) is 8.78. The van der Waals surface area contributed by atoms with Gasteiger partial charge in [-0.2, -0.15) is 0 Å².